The molecule has 0 aliphatic carbocycles. The van der Waals surface area contributed by atoms with Crippen molar-refractivity contribution in [1.82, 2.24) is 4.90 Å². The number of carbonyl (C=O) groups excluding carboxylic acids is 2. The average Bonchev–Trinajstić information content (AvgIpc) is 3.06. The Hall–Kier alpha value is -3.03. The molecule has 2 aromatic rings. The maximum absolute atomic E-state index is 13.1. The molecular weight excluding hydrogens is 383 g/mol. The molecule has 0 radical (unpaired) electrons. The smallest absolute Gasteiger partial charge is 0.374 e. The fourth-order valence-electron chi connectivity index (χ4n) is 3.25. The summed E-state index contributed by atoms with van der Waals surface area (Å²) in [5.74, 6) is -0.457. The average molecular weight is 405 g/mol. The van der Waals surface area contributed by atoms with Crippen molar-refractivity contribution in [2.75, 3.05) is 17.2 Å². The number of amides is 2. The summed E-state index contributed by atoms with van der Waals surface area (Å²) in [6.07, 6.45) is -3.14. The summed E-state index contributed by atoms with van der Waals surface area (Å²) in [5, 5.41) is 5.34. The monoisotopic (exact) mass is 405 g/mol. The van der Waals surface area contributed by atoms with Crippen LogP contribution in [0.5, 0.6) is 0 Å². The first-order valence-corrected chi connectivity index (χ1v) is 9.34. The van der Waals surface area contributed by atoms with Crippen LogP contribution in [-0.2, 0) is 22.3 Å². The van der Waals surface area contributed by atoms with Crippen LogP contribution in [0.1, 0.15) is 30.9 Å². The lowest BCUT2D eigenvalue weighted by Crippen LogP contribution is -2.32. The van der Waals surface area contributed by atoms with Gasteiger partial charge in [-0.2, -0.15) is 13.2 Å². The van der Waals surface area contributed by atoms with Crippen LogP contribution < -0.4 is 10.6 Å². The second-order valence-corrected chi connectivity index (χ2v) is 7.02. The lowest BCUT2D eigenvalue weighted by Gasteiger charge is -2.19. The number of halogens is 3. The lowest BCUT2D eigenvalue weighted by molar-refractivity contribution is -0.137. The molecule has 0 bridgehead atoms. The molecule has 8 heteroatoms. The summed E-state index contributed by atoms with van der Waals surface area (Å²) < 4.78 is 39.3. The Morgan fingerprint density at radius 2 is 1.93 bits per heavy atom. The molecule has 29 heavy (non-hydrogen) atoms. The van der Waals surface area contributed by atoms with Crippen molar-refractivity contribution in [1.29, 1.82) is 0 Å². The standard InChI is InChI=1S/C21H22F3N3O2/c1-14(20(29)26-18-9-3-2-8-17(18)21(22,23)24)25-16-7-4-6-15(12-16)13-27-11-5-10-19(27)28/h2-4,6-9,12,14,25H,5,10-11,13H2,1H3,(H,26,29)/t14-/m0/s1. The predicted octanol–water partition coefficient (Wildman–Crippen LogP) is 4.27. The van der Waals surface area contributed by atoms with Crippen molar-refractivity contribution in [3.63, 3.8) is 0 Å². The molecule has 1 aliphatic rings. The number of hydrogen-bond acceptors (Lipinski definition) is 3. The molecule has 1 fully saturated rings. The highest BCUT2D eigenvalue weighted by Gasteiger charge is 2.33. The van der Waals surface area contributed by atoms with Gasteiger partial charge in [0, 0.05) is 25.2 Å². The Kier molecular flexibility index (Phi) is 6.10. The molecule has 0 aromatic heterocycles. The number of benzene rings is 2. The van der Waals surface area contributed by atoms with Crippen molar-refractivity contribution in [3.05, 3.63) is 59.7 Å². The van der Waals surface area contributed by atoms with E-state index in [9.17, 15) is 22.8 Å². The number of carbonyl (C=O) groups is 2. The zero-order valence-electron chi connectivity index (χ0n) is 15.9. The van der Waals surface area contributed by atoms with Crippen LogP contribution in [0.15, 0.2) is 48.5 Å². The first-order valence-electron chi connectivity index (χ1n) is 9.34. The van der Waals surface area contributed by atoms with Crippen molar-refractivity contribution in [3.8, 4) is 0 Å². The van der Waals surface area contributed by atoms with Gasteiger partial charge in [-0.1, -0.05) is 24.3 Å². The first-order chi connectivity index (χ1) is 13.7. The van der Waals surface area contributed by atoms with Crippen molar-refractivity contribution < 1.29 is 22.8 Å². The molecule has 0 unspecified atom stereocenters. The van der Waals surface area contributed by atoms with Crippen molar-refractivity contribution in [2.45, 2.75) is 38.5 Å². The Morgan fingerprint density at radius 3 is 2.62 bits per heavy atom. The molecule has 1 atom stereocenters. The Labute approximate surface area is 166 Å². The molecule has 1 aliphatic heterocycles. The number of nitrogens with zero attached hydrogens (tertiary/aromatic N) is 1. The quantitative estimate of drug-likeness (QED) is 0.755. The SMILES string of the molecule is C[C@H](Nc1cccc(CN2CCCC2=O)c1)C(=O)Nc1ccccc1C(F)(F)F. The number of hydrogen-bond donors (Lipinski definition) is 2. The first kappa shape index (κ1) is 20.7. The Morgan fingerprint density at radius 1 is 1.17 bits per heavy atom. The highest BCUT2D eigenvalue weighted by molar-refractivity contribution is 5.97. The third-order valence-corrected chi connectivity index (χ3v) is 4.74. The molecule has 2 aromatic carbocycles. The third kappa shape index (κ3) is 5.28. The van der Waals surface area contributed by atoms with Gasteiger partial charge in [0.2, 0.25) is 11.8 Å². The number of likely N-dealkylation sites (tertiary alicyclic amines) is 1. The van der Waals surface area contributed by atoms with Crippen molar-refractivity contribution >= 4 is 23.2 Å². The van der Waals surface area contributed by atoms with Crippen LogP contribution in [0.25, 0.3) is 0 Å². The maximum atomic E-state index is 13.1. The van der Waals surface area contributed by atoms with E-state index in [2.05, 4.69) is 10.6 Å². The van der Waals surface area contributed by atoms with Crippen LogP contribution in [-0.4, -0.2) is 29.3 Å². The normalized spacial score (nSPS) is 15.3. The van der Waals surface area contributed by atoms with Crippen molar-refractivity contribution in [2.24, 2.45) is 0 Å². The van der Waals surface area contributed by atoms with E-state index in [-0.39, 0.29) is 11.6 Å². The molecule has 2 N–H and O–H groups in total. The van der Waals surface area contributed by atoms with E-state index in [1.54, 1.807) is 17.9 Å². The van der Waals surface area contributed by atoms with Crippen LogP contribution >= 0.6 is 0 Å². The summed E-state index contributed by atoms with van der Waals surface area (Å²) in [6.45, 7) is 2.80. The van der Waals surface area contributed by atoms with Gasteiger partial charge in [0.25, 0.3) is 0 Å². The minimum absolute atomic E-state index is 0.124. The van der Waals surface area contributed by atoms with E-state index < -0.39 is 23.7 Å². The van der Waals surface area contributed by atoms with Crippen LogP contribution in [0.2, 0.25) is 0 Å². The summed E-state index contributed by atoms with van der Waals surface area (Å²) in [6, 6.07) is 11.4. The van der Waals surface area contributed by atoms with Gasteiger partial charge in [-0.05, 0) is 43.2 Å². The summed E-state index contributed by atoms with van der Waals surface area (Å²) in [5.41, 5.74) is 0.402. The van der Waals surface area contributed by atoms with Gasteiger partial charge in [-0.25, -0.2) is 0 Å². The van der Waals surface area contributed by atoms with Gasteiger partial charge in [-0.3, -0.25) is 9.59 Å². The summed E-state index contributed by atoms with van der Waals surface area (Å²) in [4.78, 5) is 26.0. The topological polar surface area (TPSA) is 61.4 Å². The van der Waals surface area contributed by atoms with E-state index >= 15 is 0 Å². The van der Waals surface area contributed by atoms with Crippen LogP contribution in [0.4, 0.5) is 24.5 Å². The Bertz CT molecular complexity index is 899. The minimum atomic E-state index is -4.55. The molecule has 3 rings (SSSR count). The fourth-order valence-corrected chi connectivity index (χ4v) is 3.25. The molecular formula is C21H22F3N3O2. The Balaban J connectivity index is 1.65. The second-order valence-electron chi connectivity index (χ2n) is 7.02. The zero-order valence-corrected chi connectivity index (χ0v) is 15.9. The second kappa shape index (κ2) is 8.55. The molecule has 2 amide bonds. The van der Waals surface area contributed by atoms with E-state index in [4.69, 9.17) is 0 Å². The van der Waals surface area contributed by atoms with E-state index in [1.165, 1.54) is 18.2 Å². The minimum Gasteiger partial charge on any atom is -0.374 e. The fraction of sp³-hybridized carbons (Fsp3) is 0.333. The molecule has 0 saturated carbocycles. The molecule has 1 saturated heterocycles. The number of alkyl halides is 3. The van der Waals surface area contributed by atoms with E-state index in [0.717, 1.165) is 24.6 Å². The lowest BCUT2D eigenvalue weighted by atomic mass is 10.1. The summed E-state index contributed by atoms with van der Waals surface area (Å²) in [7, 11) is 0. The zero-order chi connectivity index (χ0) is 21.0. The van der Waals surface area contributed by atoms with Gasteiger partial charge in [-0.15, -0.1) is 0 Å². The van der Waals surface area contributed by atoms with Crippen LogP contribution in [0, 0.1) is 0 Å². The number of para-hydroxylation sites is 1. The highest BCUT2D eigenvalue weighted by Crippen LogP contribution is 2.34. The third-order valence-electron chi connectivity index (χ3n) is 4.74. The number of anilines is 2. The highest BCUT2D eigenvalue weighted by atomic mass is 19.4. The van der Waals surface area contributed by atoms with Gasteiger partial charge < -0.3 is 15.5 Å². The number of rotatable bonds is 6. The molecule has 154 valence electrons. The molecule has 0 spiro atoms. The van der Waals surface area contributed by atoms with Gasteiger partial charge in [0.15, 0.2) is 0 Å². The van der Waals surface area contributed by atoms with Gasteiger partial charge in [0.1, 0.15) is 6.04 Å². The predicted molar refractivity (Wildman–Crippen MR) is 104 cm³/mol. The summed E-state index contributed by atoms with van der Waals surface area (Å²) >= 11 is 0. The number of nitrogens with one attached hydrogen (secondary N) is 2. The maximum Gasteiger partial charge on any atom is 0.418 e. The van der Waals surface area contributed by atoms with E-state index in [0.29, 0.717) is 18.7 Å². The molecule has 5 nitrogen and oxygen atoms in total. The van der Waals surface area contributed by atoms with Crippen LogP contribution in [0.3, 0.4) is 0 Å². The van der Waals surface area contributed by atoms with Gasteiger partial charge >= 0.3 is 6.18 Å². The van der Waals surface area contributed by atoms with E-state index in [1.807, 2.05) is 18.2 Å². The van der Waals surface area contributed by atoms with Gasteiger partial charge in [0.05, 0.1) is 11.3 Å². The largest absolute Gasteiger partial charge is 0.418 e. The molecule has 1 heterocycles.